The third kappa shape index (κ3) is 9.83. The lowest BCUT2D eigenvalue weighted by Crippen LogP contribution is -2.41. The summed E-state index contributed by atoms with van der Waals surface area (Å²) in [6.45, 7) is 6.05. The Balaban J connectivity index is 0.00000364. The number of para-hydroxylation sites is 1. The number of nitrogens with zero attached hydrogens (tertiary/aromatic N) is 2. The number of carbonyl (C=O) groups excluding carboxylic acids is 1. The second-order valence-corrected chi connectivity index (χ2v) is 6.72. The van der Waals surface area contributed by atoms with Crippen LogP contribution in [0.15, 0.2) is 35.3 Å². The number of aliphatic imine (C=N–C) groups is 1. The van der Waals surface area contributed by atoms with Crippen LogP contribution >= 0.6 is 24.0 Å². The van der Waals surface area contributed by atoms with Crippen molar-refractivity contribution in [3.05, 3.63) is 30.3 Å². The van der Waals surface area contributed by atoms with Gasteiger partial charge in [-0.15, -0.1) is 24.0 Å². The van der Waals surface area contributed by atoms with Crippen LogP contribution in [-0.2, 0) is 4.79 Å². The fraction of sp³-hybridized carbons (Fsp3) is 0.600. The third-order valence-corrected chi connectivity index (χ3v) is 4.38. The van der Waals surface area contributed by atoms with Crippen LogP contribution < -0.4 is 20.9 Å². The van der Waals surface area contributed by atoms with Gasteiger partial charge in [-0.3, -0.25) is 9.79 Å². The average Bonchev–Trinajstić information content (AvgIpc) is 3.50. The van der Waals surface area contributed by atoms with Crippen LogP contribution in [0.4, 0.5) is 5.69 Å². The molecule has 0 heterocycles. The van der Waals surface area contributed by atoms with Gasteiger partial charge in [-0.05, 0) is 44.7 Å². The van der Waals surface area contributed by atoms with Crippen molar-refractivity contribution in [3.8, 4) is 0 Å². The first-order chi connectivity index (χ1) is 12.7. The first-order valence-electron chi connectivity index (χ1n) is 9.76. The Labute approximate surface area is 180 Å². The zero-order valence-electron chi connectivity index (χ0n) is 16.5. The molecule has 1 saturated carbocycles. The topological polar surface area (TPSA) is 68.8 Å². The number of hydrogen-bond acceptors (Lipinski definition) is 3. The number of rotatable bonds is 11. The number of guanidine groups is 1. The monoisotopic (exact) mass is 487 g/mol. The van der Waals surface area contributed by atoms with Gasteiger partial charge in [-0.1, -0.05) is 18.2 Å². The number of carbonyl (C=O) groups is 1. The summed E-state index contributed by atoms with van der Waals surface area (Å²) in [4.78, 5) is 18.5. The predicted molar refractivity (Wildman–Crippen MR) is 124 cm³/mol. The van der Waals surface area contributed by atoms with E-state index in [4.69, 9.17) is 0 Å². The summed E-state index contributed by atoms with van der Waals surface area (Å²) < 4.78 is 0. The molecule has 0 spiro atoms. The molecule has 1 aromatic rings. The maximum Gasteiger partial charge on any atom is 0.223 e. The Hall–Kier alpha value is -1.51. The Morgan fingerprint density at radius 1 is 1.11 bits per heavy atom. The molecule has 0 unspecified atom stereocenters. The molecule has 27 heavy (non-hydrogen) atoms. The largest absolute Gasteiger partial charge is 0.375 e. The number of amides is 1. The number of anilines is 1. The molecule has 1 aliphatic rings. The normalized spacial score (nSPS) is 13.5. The maximum absolute atomic E-state index is 11.6. The van der Waals surface area contributed by atoms with E-state index in [-0.39, 0.29) is 35.8 Å². The van der Waals surface area contributed by atoms with Gasteiger partial charge in [0.05, 0.1) is 0 Å². The van der Waals surface area contributed by atoms with Gasteiger partial charge in [-0.25, -0.2) is 0 Å². The van der Waals surface area contributed by atoms with Gasteiger partial charge in [0.2, 0.25) is 5.91 Å². The molecule has 1 aliphatic carbocycles. The highest BCUT2D eigenvalue weighted by Gasteiger charge is 2.28. The van der Waals surface area contributed by atoms with Gasteiger partial charge in [0, 0.05) is 51.4 Å². The highest BCUT2D eigenvalue weighted by molar-refractivity contribution is 14.0. The maximum atomic E-state index is 11.6. The standard InChI is InChI=1S/C20H33N5O.HI/c1-3-21-20(24-15-14-22-19(26)17-11-12-17)23-13-7-8-16-25(2)18-9-5-4-6-10-18;/h4-6,9-10,17H,3,7-8,11-16H2,1-2H3,(H,22,26)(H2,21,23,24);1H. The van der Waals surface area contributed by atoms with Crippen molar-refractivity contribution >= 4 is 41.5 Å². The van der Waals surface area contributed by atoms with E-state index >= 15 is 0 Å². The second kappa shape index (κ2) is 13.6. The van der Waals surface area contributed by atoms with Crippen molar-refractivity contribution in [2.24, 2.45) is 10.9 Å². The molecule has 1 amide bonds. The Bertz CT molecular complexity index is 563. The summed E-state index contributed by atoms with van der Waals surface area (Å²) >= 11 is 0. The molecular formula is C20H34IN5O. The van der Waals surface area contributed by atoms with Crippen molar-refractivity contribution in [1.82, 2.24) is 16.0 Å². The minimum atomic E-state index is 0. The summed E-state index contributed by atoms with van der Waals surface area (Å²) in [5, 5.41) is 9.48. The molecule has 0 radical (unpaired) electrons. The number of halogens is 1. The molecule has 0 atom stereocenters. The first kappa shape index (κ1) is 23.5. The van der Waals surface area contributed by atoms with E-state index in [1.165, 1.54) is 5.69 Å². The average molecular weight is 487 g/mol. The van der Waals surface area contributed by atoms with E-state index in [0.29, 0.717) is 13.1 Å². The summed E-state index contributed by atoms with van der Waals surface area (Å²) in [6, 6.07) is 10.4. The van der Waals surface area contributed by atoms with Crippen LogP contribution in [-0.4, -0.2) is 51.6 Å². The summed E-state index contributed by atoms with van der Waals surface area (Å²) in [7, 11) is 2.13. The molecule has 0 aromatic heterocycles. The molecule has 0 saturated heterocycles. The molecule has 0 bridgehead atoms. The van der Waals surface area contributed by atoms with Crippen LogP contribution in [0.2, 0.25) is 0 Å². The molecule has 0 aliphatic heterocycles. The highest BCUT2D eigenvalue weighted by Crippen LogP contribution is 2.28. The van der Waals surface area contributed by atoms with Gasteiger partial charge in [-0.2, -0.15) is 0 Å². The van der Waals surface area contributed by atoms with Crippen molar-refractivity contribution in [1.29, 1.82) is 0 Å². The molecule has 3 N–H and O–H groups in total. The van der Waals surface area contributed by atoms with Gasteiger partial charge >= 0.3 is 0 Å². The van der Waals surface area contributed by atoms with Crippen LogP contribution in [0.1, 0.15) is 32.6 Å². The smallest absolute Gasteiger partial charge is 0.223 e. The highest BCUT2D eigenvalue weighted by atomic mass is 127. The summed E-state index contributed by atoms with van der Waals surface area (Å²) in [6.07, 6.45) is 4.24. The number of benzene rings is 1. The van der Waals surface area contributed by atoms with E-state index in [2.05, 4.69) is 64.1 Å². The quantitative estimate of drug-likeness (QED) is 0.194. The second-order valence-electron chi connectivity index (χ2n) is 6.72. The lowest BCUT2D eigenvalue weighted by atomic mass is 10.2. The Kier molecular flexibility index (Phi) is 11.9. The molecule has 1 aromatic carbocycles. The van der Waals surface area contributed by atoms with E-state index < -0.39 is 0 Å². The Morgan fingerprint density at radius 2 is 1.81 bits per heavy atom. The minimum absolute atomic E-state index is 0. The van der Waals surface area contributed by atoms with Crippen LogP contribution in [0.5, 0.6) is 0 Å². The van der Waals surface area contributed by atoms with E-state index in [1.807, 2.05) is 6.07 Å². The molecule has 2 rings (SSSR count). The van der Waals surface area contributed by atoms with Crippen LogP contribution in [0, 0.1) is 5.92 Å². The van der Waals surface area contributed by atoms with Crippen molar-refractivity contribution < 1.29 is 4.79 Å². The molecule has 7 heteroatoms. The zero-order valence-corrected chi connectivity index (χ0v) is 18.9. The van der Waals surface area contributed by atoms with Gasteiger partial charge in [0.25, 0.3) is 0 Å². The van der Waals surface area contributed by atoms with Gasteiger partial charge < -0.3 is 20.9 Å². The molecular weight excluding hydrogens is 453 g/mol. The van der Waals surface area contributed by atoms with Gasteiger partial charge in [0.15, 0.2) is 5.96 Å². The Morgan fingerprint density at radius 3 is 2.48 bits per heavy atom. The van der Waals surface area contributed by atoms with Crippen LogP contribution in [0.3, 0.4) is 0 Å². The van der Waals surface area contributed by atoms with Crippen molar-refractivity contribution in [3.63, 3.8) is 0 Å². The molecule has 1 fully saturated rings. The van der Waals surface area contributed by atoms with Crippen molar-refractivity contribution in [2.75, 3.05) is 44.7 Å². The van der Waals surface area contributed by atoms with Gasteiger partial charge in [0.1, 0.15) is 0 Å². The van der Waals surface area contributed by atoms with Crippen molar-refractivity contribution in [2.45, 2.75) is 32.6 Å². The first-order valence-corrected chi connectivity index (χ1v) is 9.76. The number of nitrogens with one attached hydrogen (secondary N) is 3. The minimum Gasteiger partial charge on any atom is -0.375 e. The lowest BCUT2D eigenvalue weighted by molar-refractivity contribution is -0.122. The predicted octanol–water partition coefficient (Wildman–Crippen LogP) is 2.60. The fourth-order valence-corrected chi connectivity index (χ4v) is 2.66. The summed E-state index contributed by atoms with van der Waals surface area (Å²) in [5.74, 6) is 1.28. The molecule has 6 nitrogen and oxygen atoms in total. The zero-order chi connectivity index (χ0) is 18.6. The van der Waals surface area contributed by atoms with E-state index in [1.54, 1.807) is 0 Å². The van der Waals surface area contributed by atoms with E-state index in [9.17, 15) is 4.79 Å². The number of hydrogen-bond donors (Lipinski definition) is 3. The molecule has 152 valence electrons. The number of unbranched alkanes of at least 4 members (excludes halogenated alkanes) is 1. The SMILES string of the molecule is CCNC(=NCCCCN(C)c1ccccc1)NCCNC(=O)C1CC1.I. The fourth-order valence-electron chi connectivity index (χ4n) is 2.66. The summed E-state index contributed by atoms with van der Waals surface area (Å²) in [5.41, 5.74) is 1.25. The third-order valence-electron chi connectivity index (χ3n) is 4.38. The van der Waals surface area contributed by atoms with Crippen LogP contribution in [0.25, 0.3) is 0 Å². The lowest BCUT2D eigenvalue weighted by Gasteiger charge is -2.18. The van der Waals surface area contributed by atoms with E-state index in [0.717, 1.165) is 51.3 Å².